The van der Waals surface area contributed by atoms with Gasteiger partial charge in [-0.25, -0.2) is 0 Å². The zero-order chi connectivity index (χ0) is 13.9. The van der Waals surface area contributed by atoms with Gasteiger partial charge in [-0.2, -0.15) is 0 Å². The Kier molecular flexibility index (Phi) is 4.16. The number of non-ortho nitro benzene ring substituents is 1. The van der Waals surface area contributed by atoms with Gasteiger partial charge < -0.3 is 10.1 Å². The Bertz CT molecular complexity index is 438. The molecule has 0 spiro atoms. The fourth-order valence-electron chi connectivity index (χ4n) is 1.36. The summed E-state index contributed by atoms with van der Waals surface area (Å²) in [5.41, 5.74) is 0.888. The monoisotopic (exact) mass is 252 g/mol. The molecule has 18 heavy (non-hydrogen) atoms. The molecule has 0 saturated carbocycles. The average Bonchev–Trinajstić information content (AvgIpc) is 2.27. The molecule has 0 aliphatic carbocycles. The summed E-state index contributed by atoms with van der Waals surface area (Å²) in [4.78, 5) is 10.3. The summed E-state index contributed by atoms with van der Waals surface area (Å²) in [6, 6.07) is 4.80. The van der Waals surface area contributed by atoms with E-state index in [4.69, 9.17) is 4.74 Å². The van der Waals surface area contributed by atoms with Gasteiger partial charge in [-0.1, -0.05) is 20.8 Å². The van der Waals surface area contributed by atoms with Crippen LogP contribution in [0.15, 0.2) is 18.2 Å². The first kappa shape index (κ1) is 14.3. The number of hydrogen-bond donors (Lipinski definition) is 1. The number of nitro groups is 1. The van der Waals surface area contributed by atoms with Gasteiger partial charge in [0.2, 0.25) is 0 Å². The van der Waals surface area contributed by atoms with Gasteiger partial charge >= 0.3 is 0 Å². The highest BCUT2D eigenvalue weighted by atomic mass is 16.6. The van der Waals surface area contributed by atoms with Gasteiger partial charge in [0.1, 0.15) is 5.75 Å². The van der Waals surface area contributed by atoms with Gasteiger partial charge in [0, 0.05) is 12.1 Å². The molecular weight excluding hydrogens is 232 g/mol. The zero-order valence-corrected chi connectivity index (χ0v) is 11.5. The zero-order valence-electron chi connectivity index (χ0n) is 11.5. The fourth-order valence-corrected chi connectivity index (χ4v) is 1.36. The number of nitrogens with zero attached hydrogens (tertiary/aromatic N) is 1. The molecule has 0 heterocycles. The van der Waals surface area contributed by atoms with Crippen molar-refractivity contribution in [1.82, 2.24) is 0 Å². The molecule has 5 nitrogen and oxygen atoms in total. The van der Waals surface area contributed by atoms with Crippen LogP contribution in [0, 0.1) is 15.5 Å². The van der Waals surface area contributed by atoms with Crippen molar-refractivity contribution >= 4 is 11.4 Å². The van der Waals surface area contributed by atoms with E-state index in [1.165, 1.54) is 19.2 Å². The second-order valence-corrected chi connectivity index (χ2v) is 5.37. The molecule has 1 atom stereocenters. The first-order valence-corrected chi connectivity index (χ1v) is 5.84. The van der Waals surface area contributed by atoms with Crippen LogP contribution >= 0.6 is 0 Å². The van der Waals surface area contributed by atoms with Gasteiger partial charge in [0.05, 0.1) is 23.8 Å². The minimum absolute atomic E-state index is 0.0285. The molecule has 1 rings (SSSR count). The third-order valence-corrected chi connectivity index (χ3v) is 3.07. The van der Waals surface area contributed by atoms with Gasteiger partial charge in [-0.3, -0.25) is 10.1 Å². The van der Waals surface area contributed by atoms with E-state index in [0.29, 0.717) is 5.75 Å². The van der Waals surface area contributed by atoms with E-state index >= 15 is 0 Å². The van der Waals surface area contributed by atoms with Crippen LogP contribution in [0.1, 0.15) is 27.7 Å². The molecule has 1 aromatic rings. The van der Waals surface area contributed by atoms with Crippen molar-refractivity contribution in [2.45, 2.75) is 33.7 Å². The molecule has 0 aliphatic rings. The lowest BCUT2D eigenvalue weighted by molar-refractivity contribution is -0.384. The maximum atomic E-state index is 10.7. The minimum Gasteiger partial charge on any atom is -0.494 e. The number of rotatable bonds is 4. The highest BCUT2D eigenvalue weighted by Gasteiger charge is 2.21. The highest BCUT2D eigenvalue weighted by Crippen LogP contribution is 2.32. The lowest BCUT2D eigenvalue weighted by atomic mass is 9.88. The molecule has 0 bridgehead atoms. The van der Waals surface area contributed by atoms with E-state index in [1.807, 2.05) is 0 Å². The van der Waals surface area contributed by atoms with Crippen molar-refractivity contribution in [3.05, 3.63) is 28.3 Å². The maximum absolute atomic E-state index is 10.7. The summed E-state index contributed by atoms with van der Waals surface area (Å²) in [5.74, 6) is 0.486. The number of anilines is 1. The Morgan fingerprint density at radius 3 is 2.44 bits per heavy atom. The molecule has 100 valence electrons. The Hall–Kier alpha value is -1.78. The van der Waals surface area contributed by atoms with Gasteiger partial charge in [-0.05, 0) is 18.4 Å². The third kappa shape index (κ3) is 3.35. The number of nitro benzene ring substituents is 1. The van der Waals surface area contributed by atoms with Crippen molar-refractivity contribution in [2.75, 3.05) is 12.4 Å². The number of hydrogen-bond acceptors (Lipinski definition) is 4. The van der Waals surface area contributed by atoms with Crippen LogP contribution in [0.4, 0.5) is 11.4 Å². The lowest BCUT2D eigenvalue weighted by Gasteiger charge is -2.29. The minimum atomic E-state index is -0.431. The molecule has 5 heteroatoms. The maximum Gasteiger partial charge on any atom is 0.273 e. The van der Waals surface area contributed by atoms with Crippen molar-refractivity contribution in [2.24, 2.45) is 5.41 Å². The second-order valence-electron chi connectivity index (χ2n) is 5.37. The van der Waals surface area contributed by atoms with Crippen molar-refractivity contribution in [1.29, 1.82) is 0 Å². The van der Waals surface area contributed by atoms with Crippen molar-refractivity contribution in [3.63, 3.8) is 0 Å². The lowest BCUT2D eigenvalue weighted by Crippen LogP contribution is -2.30. The SMILES string of the molecule is COc1cc([N+](=O)[O-])ccc1NC(C)C(C)(C)C. The van der Waals surface area contributed by atoms with E-state index in [-0.39, 0.29) is 17.1 Å². The van der Waals surface area contributed by atoms with Crippen molar-refractivity contribution in [3.8, 4) is 5.75 Å². The van der Waals surface area contributed by atoms with Crippen LogP contribution in [0.3, 0.4) is 0 Å². The normalized spacial score (nSPS) is 12.9. The van der Waals surface area contributed by atoms with E-state index in [0.717, 1.165) is 5.69 Å². The Morgan fingerprint density at radius 2 is 2.00 bits per heavy atom. The molecule has 0 fully saturated rings. The number of methoxy groups -OCH3 is 1. The van der Waals surface area contributed by atoms with E-state index in [1.54, 1.807) is 6.07 Å². The number of nitrogens with one attached hydrogen (secondary N) is 1. The Balaban J connectivity index is 3.00. The molecule has 0 aromatic heterocycles. The summed E-state index contributed by atoms with van der Waals surface area (Å²) in [6.45, 7) is 8.45. The Morgan fingerprint density at radius 1 is 1.39 bits per heavy atom. The number of benzene rings is 1. The van der Waals surface area contributed by atoms with Crippen LogP contribution in [0.25, 0.3) is 0 Å². The van der Waals surface area contributed by atoms with E-state index in [9.17, 15) is 10.1 Å². The molecule has 0 amide bonds. The molecule has 1 aromatic carbocycles. The fraction of sp³-hybridized carbons (Fsp3) is 0.538. The van der Waals surface area contributed by atoms with Crippen LogP contribution in [-0.4, -0.2) is 18.1 Å². The highest BCUT2D eigenvalue weighted by molar-refractivity contribution is 5.61. The summed E-state index contributed by atoms with van der Waals surface area (Å²) < 4.78 is 5.18. The average molecular weight is 252 g/mol. The molecule has 1 unspecified atom stereocenters. The van der Waals surface area contributed by atoms with Crippen molar-refractivity contribution < 1.29 is 9.66 Å². The first-order chi connectivity index (χ1) is 8.25. The molecule has 0 saturated heterocycles. The van der Waals surface area contributed by atoms with Gasteiger partial charge in [0.15, 0.2) is 0 Å². The topological polar surface area (TPSA) is 64.4 Å². The second kappa shape index (κ2) is 5.25. The third-order valence-electron chi connectivity index (χ3n) is 3.07. The first-order valence-electron chi connectivity index (χ1n) is 5.84. The summed E-state index contributed by atoms with van der Waals surface area (Å²) >= 11 is 0. The van der Waals surface area contributed by atoms with Gasteiger partial charge in [-0.15, -0.1) is 0 Å². The molecule has 1 N–H and O–H groups in total. The van der Waals surface area contributed by atoms with Crippen LogP contribution < -0.4 is 10.1 Å². The summed E-state index contributed by atoms with van der Waals surface area (Å²) in [6.07, 6.45) is 0. The van der Waals surface area contributed by atoms with E-state index < -0.39 is 4.92 Å². The van der Waals surface area contributed by atoms with Gasteiger partial charge in [0.25, 0.3) is 5.69 Å². The van der Waals surface area contributed by atoms with E-state index in [2.05, 4.69) is 33.0 Å². The predicted octanol–water partition coefficient (Wildman–Crippen LogP) is 3.45. The smallest absolute Gasteiger partial charge is 0.273 e. The molecular formula is C13H20N2O3. The molecule has 0 radical (unpaired) electrons. The molecule has 0 aliphatic heterocycles. The summed E-state index contributed by atoms with van der Waals surface area (Å²) in [5, 5.41) is 14.0. The predicted molar refractivity (Wildman–Crippen MR) is 72.2 cm³/mol. The van der Waals surface area contributed by atoms with Crippen LogP contribution in [0.2, 0.25) is 0 Å². The number of ether oxygens (including phenoxy) is 1. The largest absolute Gasteiger partial charge is 0.494 e. The Labute approximate surface area is 107 Å². The standard InChI is InChI=1S/C13H20N2O3/c1-9(13(2,3)4)14-11-7-6-10(15(16)17)8-12(11)18-5/h6-9,14H,1-5H3. The quantitative estimate of drug-likeness (QED) is 0.658. The van der Waals surface area contributed by atoms with Crippen LogP contribution in [0.5, 0.6) is 5.75 Å². The summed E-state index contributed by atoms with van der Waals surface area (Å²) in [7, 11) is 1.51. The van der Waals surface area contributed by atoms with Crippen LogP contribution in [-0.2, 0) is 0 Å².